The average molecular weight is 351 g/mol. The van der Waals surface area contributed by atoms with Gasteiger partial charge in [0.1, 0.15) is 3.70 Å². The lowest BCUT2D eigenvalue weighted by Gasteiger charge is -2.09. The second kappa shape index (κ2) is 7.60. The number of amides is 1. The second-order valence-corrected chi connectivity index (χ2v) is 5.24. The van der Waals surface area contributed by atoms with Crippen molar-refractivity contribution >= 4 is 28.5 Å². The van der Waals surface area contributed by atoms with E-state index in [4.69, 9.17) is 0 Å². The van der Waals surface area contributed by atoms with Crippen LogP contribution in [0.4, 0.5) is 0 Å². The van der Waals surface area contributed by atoms with Gasteiger partial charge in [-0.05, 0) is 68.2 Å². The number of nitrogens with one attached hydrogen (secondary N) is 1. The van der Waals surface area contributed by atoms with Gasteiger partial charge in [-0.2, -0.15) is 0 Å². The SMILES string of the molecule is CN(C)CCCCNC(=O)c1ccc([131I])nc1. The van der Waals surface area contributed by atoms with E-state index in [-0.39, 0.29) is 5.91 Å². The molecule has 0 unspecified atom stereocenters. The monoisotopic (exact) mass is 351 g/mol. The zero-order chi connectivity index (χ0) is 12.7. The van der Waals surface area contributed by atoms with Crippen molar-refractivity contribution in [3.05, 3.63) is 27.6 Å². The summed E-state index contributed by atoms with van der Waals surface area (Å²) in [6.45, 7) is 1.78. The molecule has 0 aliphatic rings. The molecule has 1 amide bonds. The number of rotatable bonds is 6. The quantitative estimate of drug-likeness (QED) is 0.483. The summed E-state index contributed by atoms with van der Waals surface area (Å²) < 4.78 is 0.894. The summed E-state index contributed by atoms with van der Waals surface area (Å²) in [5.74, 6) is -0.0428. The first kappa shape index (κ1) is 14.4. The van der Waals surface area contributed by atoms with Crippen LogP contribution >= 0.6 is 22.6 Å². The third-order valence-electron chi connectivity index (χ3n) is 2.31. The van der Waals surface area contributed by atoms with Crippen LogP contribution in [0.2, 0.25) is 0 Å². The lowest BCUT2D eigenvalue weighted by atomic mass is 10.2. The number of halogens is 1. The highest BCUT2D eigenvalue weighted by molar-refractivity contribution is 14.1. The number of carbonyl (C=O) groups excluding carboxylic acids is 1. The van der Waals surface area contributed by atoms with E-state index in [1.165, 1.54) is 0 Å². The molecule has 0 aliphatic heterocycles. The minimum absolute atomic E-state index is 0.0428. The molecule has 0 aromatic carbocycles. The standard InChI is InChI=1S/C12H18IN3O/c1-16(2)8-4-3-7-14-12(17)10-5-6-11(13)15-9-10/h5-6,9H,3-4,7-8H2,1-2H3,(H,14,17)/i13+4. The van der Waals surface area contributed by atoms with E-state index in [1.54, 1.807) is 12.3 Å². The maximum absolute atomic E-state index is 11.7. The molecular formula is C12H18IN3O. The number of nitrogens with zero attached hydrogens (tertiary/aromatic N) is 2. The molecule has 1 aromatic heterocycles. The molecule has 0 fully saturated rings. The van der Waals surface area contributed by atoms with Crippen LogP contribution in [0, 0.1) is 3.70 Å². The molecule has 0 spiro atoms. The lowest BCUT2D eigenvalue weighted by Crippen LogP contribution is -2.25. The van der Waals surface area contributed by atoms with Gasteiger partial charge in [0.15, 0.2) is 0 Å². The molecule has 1 aromatic rings. The number of pyridine rings is 1. The van der Waals surface area contributed by atoms with Crippen LogP contribution in [-0.4, -0.2) is 43.0 Å². The van der Waals surface area contributed by atoms with Gasteiger partial charge in [0.05, 0.1) is 5.56 Å². The zero-order valence-electron chi connectivity index (χ0n) is 10.2. The summed E-state index contributed by atoms with van der Waals surface area (Å²) in [7, 11) is 4.10. The van der Waals surface area contributed by atoms with Crippen LogP contribution in [0.15, 0.2) is 18.3 Å². The Morgan fingerprint density at radius 1 is 1.41 bits per heavy atom. The van der Waals surface area contributed by atoms with Crippen LogP contribution < -0.4 is 5.32 Å². The van der Waals surface area contributed by atoms with Gasteiger partial charge in [0, 0.05) is 12.7 Å². The summed E-state index contributed by atoms with van der Waals surface area (Å²) >= 11 is 2.12. The summed E-state index contributed by atoms with van der Waals surface area (Å²) in [4.78, 5) is 17.9. The van der Waals surface area contributed by atoms with Crippen molar-refractivity contribution in [2.24, 2.45) is 0 Å². The van der Waals surface area contributed by atoms with E-state index in [1.807, 2.05) is 6.07 Å². The molecule has 0 saturated carbocycles. The Labute approximate surface area is 116 Å². The third kappa shape index (κ3) is 5.97. The van der Waals surface area contributed by atoms with E-state index in [0.29, 0.717) is 5.56 Å². The van der Waals surface area contributed by atoms with E-state index in [9.17, 15) is 4.79 Å². The molecule has 1 N–H and O–H groups in total. The highest BCUT2D eigenvalue weighted by Crippen LogP contribution is 2.02. The van der Waals surface area contributed by atoms with Crippen LogP contribution in [0.5, 0.6) is 0 Å². The van der Waals surface area contributed by atoms with Gasteiger partial charge >= 0.3 is 0 Å². The van der Waals surface area contributed by atoms with Crippen molar-refractivity contribution in [3.8, 4) is 0 Å². The van der Waals surface area contributed by atoms with Crippen molar-refractivity contribution in [1.82, 2.24) is 15.2 Å². The van der Waals surface area contributed by atoms with E-state index >= 15 is 0 Å². The van der Waals surface area contributed by atoms with Crippen molar-refractivity contribution in [1.29, 1.82) is 0 Å². The molecule has 17 heavy (non-hydrogen) atoms. The molecule has 1 rings (SSSR count). The summed E-state index contributed by atoms with van der Waals surface area (Å²) in [5, 5.41) is 2.89. The van der Waals surface area contributed by atoms with Gasteiger partial charge in [-0.3, -0.25) is 4.79 Å². The first-order chi connectivity index (χ1) is 8.09. The maximum atomic E-state index is 11.7. The third-order valence-corrected chi connectivity index (χ3v) is 2.95. The minimum atomic E-state index is -0.0428. The van der Waals surface area contributed by atoms with Crippen LogP contribution in [0.1, 0.15) is 23.2 Å². The zero-order valence-corrected chi connectivity index (χ0v) is 12.4. The Balaban J connectivity index is 2.23. The van der Waals surface area contributed by atoms with Gasteiger partial charge < -0.3 is 10.2 Å². The molecule has 0 aliphatic carbocycles. The van der Waals surface area contributed by atoms with Crippen LogP contribution in [0.25, 0.3) is 0 Å². The normalized spacial score (nSPS) is 10.6. The maximum Gasteiger partial charge on any atom is 0.252 e. The first-order valence-electron chi connectivity index (χ1n) is 5.64. The van der Waals surface area contributed by atoms with Crippen LogP contribution in [-0.2, 0) is 0 Å². The minimum Gasteiger partial charge on any atom is -0.352 e. The molecule has 0 radical (unpaired) electrons. The molecule has 4 nitrogen and oxygen atoms in total. The average Bonchev–Trinajstić information content (AvgIpc) is 2.29. The fourth-order valence-electron chi connectivity index (χ4n) is 1.37. The number of carbonyl (C=O) groups is 1. The number of hydrogen-bond acceptors (Lipinski definition) is 3. The van der Waals surface area contributed by atoms with Gasteiger partial charge in [-0.25, -0.2) is 4.98 Å². The fraction of sp³-hybridized carbons (Fsp3) is 0.500. The predicted molar refractivity (Wildman–Crippen MR) is 77.1 cm³/mol. The molecular weight excluding hydrogens is 333 g/mol. The number of hydrogen-bond donors (Lipinski definition) is 1. The molecule has 1 heterocycles. The van der Waals surface area contributed by atoms with Gasteiger partial charge in [-0.1, -0.05) is 0 Å². The highest BCUT2D eigenvalue weighted by Gasteiger charge is 2.04. The van der Waals surface area contributed by atoms with Crippen molar-refractivity contribution < 1.29 is 4.79 Å². The second-order valence-electron chi connectivity index (χ2n) is 4.14. The van der Waals surface area contributed by atoms with E-state index in [2.05, 4.69) is 51.9 Å². The molecule has 0 saturated heterocycles. The van der Waals surface area contributed by atoms with Crippen molar-refractivity contribution in [3.63, 3.8) is 0 Å². The topological polar surface area (TPSA) is 45.2 Å². The summed E-state index contributed by atoms with van der Waals surface area (Å²) in [5.41, 5.74) is 0.623. The van der Waals surface area contributed by atoms with Crippen LogP contribution in [0.3, 0.4) is 0 Å². The Morgan fingerprint density at radius 2 is 2.18 bits per heavy atom. The first-order valence-corrected chi connectivity index (χ1v) is 6.72. The lowest BCUT2D eigenvalue weighted by molar-refractivity contribution is 0.0952. The molecule has 0 bridgehead atoms. The van der Waals surface area contributed by atoms with Crippen molar-refractivity contribution in [2.75, 3.05) is 27.2 Å². The Morgan fingerprint density at radius 3 is 2.76 bits per heavy atom. The Bertz CT molecular complexity index is 351. The molecule has 5 heteroatoms. The van der Waals surface area contributed by atoms with E-state index < -0.39 is 0 Å². The summed E-state index contributed by atoms with van der Waals surface area (Å²) in [6.07, 6.45) is 3.71. The molecule has 0 atom stereocenters. The predicted octanol–water partition coefficient (Wildman–Crippen LogP) is 1.76. The Kier molecular flexibility index (Phi) is 6.43. The van der Waals surface area contributed by atoms with Crippen molar-refractivity contribution in [2.45, 2.75) is 12.8 Å². The molecule has 94 valence electrons. The van der Waals surface area contributed by atoms with Gasteiger partial charge in [0.25, 0.3) is 5.91 Å². The number of unbranched alkanes of at least 4 members (excludes halogenated alkanes) is 1. The van der Waals surface area contributed by atoms with Gasteiger partial charge in [-0.15, -0.1) is 0 Å². The largest absolute Gasteiger partial charge is 0.352 e. The van der Waals surface area contributed by atoms with E-state index in [0.717, 1.165) is 29.6 Å². The summed E-state index contributed by atoms with van der Waals surface area (Å²) in [6, 6.07) is 3.63. The number of aromatic nitrogens is 1. The fourth-order valence-corrected chi connectivity index (χ4v) is 1.69. The van der Waals surface area contributed by atoms with Gasteiger partial charge in [0.2, 0.25) is 0 Å². The highest BCUT2D eigenvalue weighted by atomic mass is 131. The smallest absolute Gasteiger partial charge is 0.252 e. The Hall–Kier alpha value is -0.690.